The van der Waals surface area contributed by atoms with E-state index in [4.69, 9.17) is 5.11 Å². The van der Waals surface area contributed by atoms with Crippen LogP contribution in [0.5, 0.6) is 0 Å². The molecule has 0 saturated carbocycles. The lowest BCUT2D eigenvalue weighted by atomic mass is 9.85. The maximum absolute atomic E-state index is 11.5. The summed E-state index contributed by atoms with van der Waals surface area (Å²) in [5, 5.41) is 8.54. The minimum absolute atomic E-state index is 0.290. The van der Waals surface area contributed by atoms with Gasteiger partial charge in [-0.05, 0) is 18.8 Å². The van der Waals surface area contributed by atoms with Crippen LogP contribution in [0, 0.1) is 5.41 Å². The van der Waals surface area contributed by atoms with Crippen LogP contribution in [0.4, 0.5) is 0 Å². The van der Waals surface area contributed by atoms with E-state index in [1.165, 1.54) is 0 Å². The number of esters is 1. The Balaban J connectivity index is 4.81. The lowest BCUT2D eigenvalue weighted by Gasteiger charge is -2.21. The predicted molar refractivity (Wildman–Crippen MR) is 60.1 cm³/mol. The maximum atomic E-state index is 11.5. The Morgan fingerprint density at radius 3 is 2.33 bits per heavy atom. The minimum Gasteiger partial charge on any atom is -0.435 e. The zero-order valence-electron chi connectivity index (χ0n) is 9.96. The summed E-state index contributed by atoms with van der Waals surface area (Å²) in [6, 6.07) is 0. The highest BCUT2D eigenvalue weighted by atomic mass is 16.6. The Morgan fingerprint density at radius 2 is 2.00 bits per heavy atom. The van der Waals surface area contributed by atoms with E-state index in [2.05, 4.69) is 11.3 Å². The summed E-state index contributed by atoms with van der Waals surface area (Å²) in [6.07, 6.45) is 2.45. The Morgan fingerprint density at radius 1 is 1.47 bits per heavy atom. The first-order valence-corrected chi connectivity index (χ1v) is 4.92. The fraction of sp³-hybridized carbons (Fsp3) is 0.583. The van der Waals surface area contributed by atoms with Crippen molar-refractivity contribution in [3.05, 3.63) is 23.8 Å². The van der Waals surface area contributed by atoms with Crippen molar-refractivity contribution in [1.82, 2.24) is 0 Å². The van der Waals surface area contributed by atoms with Crippen LogP contribution < -0.4 is 0 Å². The molecule has 0 saturated heterocycles. The summed E-state index contributed by atoms with van der Waals surface area (Å²) in [4.78, 5) is 11.5. The number of carbonyl (C=O) groups is 1. The predicted octanol–water partition coefficient (Wildman–Crippen LogP) is 2.42. The number of carbonyl (C=O) groups excluding carboxylic acids is 1. The number of aliphatic hydroxyl groups is 1. The second-order valence-electron chi connectivity index (χ2n) is 4.59. The van der Waals surface area contributed by atoms with Gasteiger partial charge in [0.05, 0.1) is 0 Å². The molecule has 0 unspecified atom stereocenters. The first-order chi connectivity index (χ1) is 6.79. The van der Waals surface area contributed by atoms with E-state index in [0.29, 0.717) is 12.0 Å². The molecule has 0 atom stereocenters. The van der Waals surface area contributed by atoms with Crippen molar-refractivity contribution in [3.63, 3.8) is 0 Å². The number of allylic oxidation sites excluding steroid dienone is 2. The van der Waals surface area contributed by atoms with Crippen LogP contribution in [0.25, 0.3) is 0 Å². The van der Waals surface area contributed by atoms with Gasteiger partial charge in [-0.3, -0.25) is 0 Å². The highest BCUT2D eigenvalue weighted by molar-refractivity contribution is 5.89. The maximum Gasteiger partial charge on any atom is 0.336 e. The van der Waals surface area contributed by atoms with Gasteiger partial charge in [0, 0.05) is 5.57 Å². The van der Waals surface area contributed by atoms with Gasteiger partial charge in [-0.15, -0.1) is 0 Å². The first kappa shape index (κ1) is 13.9. The van der Waals surface area contributed by atoms with Crippen LogP contribution in [0.15, 0.2) is 23.8 Å². The second kappa shape index (κ2) is 5.71. The molecule has 1 N–H and O–H groups in total. The molecule has 0 fully saturated rings. The van der Waals surface area contributed by atoms with E-state index in [-0.39, 0.29) is 5.41 Å². The van der Waals surface area contributed by atoms with Crippen molar-refractivity contribution in [2.75, 3.05) is 6.79 Å². The van der Waals surface area contributed by atoms with Crippen molar-refractivity contribution in [2.45, 2.75) is 34.1 Å². The quantitative estimate of drug-likeness (QED) is 0.337. The summed E-state index contributed by atoms with van der Waals surface area (Å²) < 4.78 is 4.58. The van der Waals surface area contributed by atoms with Gasteiger partial charge in [-0.1, -0.05) is 39.0 Å². The van der Waals surface area contributed by atoms with Gasteiger partial charge >= 0.3 is 5.97 Å². The van der Waals surface area contributed by atoms with Gasteiger partial charge in [0.1, 0.15) is 0 Å². The summed E-state index contributed by atoms with van der Waals surface area (Å²) in [7, 11) is 0. The molecule has 15 heavy (non-hydrogen) atoms. The van der Waals surface area contributed by atoms with E-state index in [0.717, 1.165) is 5.57 Å². The lowest BCUT2D eigenvalue weighted by molar-refractivity contribution is -0.148. The molecule has 0 aliphatic carbocycles. The molecule has 0 aliphatic rings. The molecule has 3 nitrogen and oxygen atoms in total. The molecule has 0 spiro atoms. The number of aliphatic hydroxyl groups excluding tert-OH is 1. The van der Waals surface area contributed by atoms with Gasteiger partial charge < -0.3 is 9.84 Å². The van der Waals surface area contributed by atoms with Gasteiger partial charge in [0.15, 0.2) is 6.79 Å². The SMILES string of the molecule is C=C(C)CC=C(C(=O)OCO)C(C)(C)C. The van der Waals surface area contributed by atoms with E-state index in [9.17, 15) is 4.79 Å². The van der Waals surface area contributed by atoms with Crippen LogP contribution in [-0.4, -0.2) is 17.9 Å². The molecule has 0 rings (SSSR count). The van der Waals surface area contributed by atoms with Crippen LogP contribution in [-0.2, 0) is 9.53 Å². The summed E-state index contributed by atoms with van der Waals surface area (Å²) in [5.41, 5.74) is 1.26. The lowest BCUT2D eigenvalue weighted by Crippen LogP contribution is -2.20. The van der Waals surface area contributed by atoms with Crippen molar-refractivity contribution < 1.29 is 14.6 Å². The number of rotatable bonds is 4. The molecular formula is C12H20O3. The van der Waals surface area contributed by atoms with Crippen LogP contribution in [0.1, 0.15) is 34.1 Å². The number of hydrogen-bond donors (Lipinski definition) is 1. The third kappa shape index (κ3) is 5.37. The normalized spacial score (nSPS) is 12.5. The fourth-order valence-electron chi connectivity index (χ4n) is 1.11. The van der Waals surface area contributed by atoms with Gasteiger partial charge in [0.25, 0.3) is 0 Å². The molecule has 3 heteroatoms. The average Bonchev–Trinajstić information content (AvgIpc) is 2.01. The molecule has 86 valence electrons. The standard InChI is InChI=1S/C12H20O3/c1-9(2)6-7-10(12(3,4)5)11(14)15-8-13/h7,13H,1,6,8H2,2-5H3. The zero-order valence-corrected chi connectivity index (χ0v) is 9.96. The Kier molecular flexibility index (Phi) is 5.29. The fourth-order valence-corrected chi connectivity index (χ4v) is 1.11. The van der Waals surface area contributed by atoms with E-state index >= 15 is 0 Å². The monoisotopic (exact) mass is 212 g/mol. The zero-order chi connectivity index (χ0) is 12.1. The Hall–Kier alpha value is -1.09. The average molecular weight is 212 g/mol. The highest BCUT2D eigenvalue weighted by Gasteiger charge is 2.24. The van der Waals surface area contributed by atoms with Crippen LogP contribution in [0.2, 0.25) is 0 Å². The highest BCUT2D eigenvalue weighted by Crippen LogP contribution is 2.27. The molecule has 0 amide bonds. The number of ether oxygens (including phenoxy) is 1. The molecule has 0 heterocycles. The minimum atomic E-state index is -0.584. The molecule has 0 aromatic carbocycles. The van der Waals surface area contributed by atoms with E-state index in [1.54, 1.807) is 6.08 Å². The molecule has 0 aromatic rings. The van der Waals surface area contributed by atoms with Crippen LogP contribution in [0.3, 0.4) is 0 Å². The third-order valence-corrected chi connectivity index (χ3v) is 1.88. The molecular weight excluding hydrogens is 192 g/mol. The summed E-state index contributed by atoms with van der Waals surface area (Å²) in [5.74, 6) is -0.466. The second-order valence-corrected chi connectivity index (χ2v) is 4.59. The van der Waals surface area contributed by atoms with Gasteiger partial charge in [-0.25, -0.2) is 4.79 Å². The van der Waals surface area contributed by atoms with E-state index in [1.807, 2.05) is 27.7 Å². The molecule has 0 aromatic heterocycles. The van der Waals surface area contributed by atoms with Crippen molar-refractivity contribution in [1.29, 1.82) is 0 Å². The molecule has 0 bridgehead atoms. The van der Waals surface area contributed by atoms with E-state index < -0.39 is 12.8 Å². The summed E-state index contributed by atoms with van der Waals surface area (Å²) in [6.45, 7) is 10.9. The van der Waals surface area contributed by atoms with Crippen molar-refractivity contribution >= 4 is 5.97 Å². The molecule has 0 aliphatic heterocycles. The van der Waals surface area contributed by atoms with Crippen molar-refractivity contribution in [3.8, 4) is 0 Å². The Labute approximate surface area is 91.4 Å². The van der Waals surface area contributed by atoms with Gasteiger partial charge in [0.2, 0.25) is 0 Å². The topological polar surface area (TPSA) is 46.5 Å². The third-order valence-electron chi connectivity index (χ3n) is 1.88. The Bertz CT molecular complexity index is 269. The molecule has 0 radical (unpaired) electrons. The number of hydrogen-bond acceptors (Lipinski definition) is 3. The van der Waals surface area contributed by atoms with Crippen LogP contribution >= 0.6 is 0 Å². The van der Waals surface area contributed by atoms with Crippen molar-refractivity contribution in [2.24, 2.45) is 5.41 Å². The van der Waals surface area contributed by atoms with Gasteiger partial charge in [-0.2, -0.15) is 0 Å². The first-order valence-electron chi connectivity index (χ1n) is 4.92. The smallest absolute Gasteiger partial charge is 0.336 e. The largest absolute Gasteiger partial charge is 0.435 e. The summed E-state index contributed by atoms with van der Waals surface area (Å²) >= 11 is 0.